The molecule has 4 heteroatoms. The third kappa shape index (κ3) is 3.16. The van der Waals surface area contributed by atoms with Crippen LogP contribution in [0.5, 0.6) is 0 Å². The van der Waals surface area contributed by atoms with Crippen LogP contribution in [0.15, 0.2) is 23.8 Å². The first-order chi connectivity index (χ1) is 8.28. The predicted molar refractivity (Wildman–Crippen MR) is 67.6 cm³/mol. The summed E-state index contributed by atoms with van der Waals surface area (Å²) in [6, 6.07) is 0. The second kappa shape index (κ2) is 5.78. The van der Waals surface area contributed by atoms with Crippen LogP contribution in [0.3, 0.4) is 0 Å². The minimum atomic E-state index is -0.606. The highest BCUT2D eigenvalue weighted by molar-refractivity contribution is 5.24. The van der Waals surface area contributed by atoms with Gasteiger partial charge in [-0.25, -0.2) is 0 Å². The Morgan fingerprint density at radius 2 is 2.24 bits per heavy atom. The van der Waals surface area contributed by atoms with E-state index in [9.17, 15) is 0 Å². The smallest absolute Gasteiger partial charge is 0.191 e. The van der Waals surface area contributed by atoms with Gasteiger partial charge in [0.1, 0.15) is 0 Å². The van der Waals surface area contributed by atoms with Gasteiger partial charge < -0.3 is 20.5 Å². The lowest BCUT2D eigenvalue weighted by Crippen LogP contribution is -2.42. The molecule has 0 aromatic rings. The summed E-state index contributed by atoms with van der Waals surface area (Å²) in [4.78, 5) is 0. The molecule has 2 aliphatic rings. The highest BCUT2D eigenvalue weighted by atomic mass is 16.7. The summed E-state index contributed by atoms with van der Waals surface area (Å²) in [5.41, 5.74) is 6.86. The lowest BCUT2D eigenvalue weighted by atomic mass is 9.98. The molecule has 1 fully saturated rings. The van der Waals surface area contributed by atoms with Gasteiger partial charge in [-0.3, -0.25) is 0 Å². The molecule has 1 unspecified atom stereocenters. The number of nitrogens with two attached hydrogens (primary N) is 1. The summed E-state index contributed by atoms with van der Waals surface area (Å²) in [5.74, 6) is -0.606. The fraction of sp³-hybridized carbons (Fsp3) is 0.692. The second-order valence-corrected chi connectivity index (χ2v) is 4.65. The highest BCUT2D eigenvalue weighted by Gasteiger charge is 2.33. The zero-order chi connectivity index (χ0) is 12.1. The van der Waals surface area contributed by atoms with Gasteiger partial charge in [-0.15, -0.1) is 0 Å². The minimum Gasteiger partial charge on any atom is -0.349 e. The average molecular weight is 238 g/mol. The van der Waals surface area contributed by atoms with Crippen LogP contribution >= 0.6 is 0 Å². The van der Waals surface area contributed by atoms with E-state index in [-0.39, 0.29) is 6.10 Å². The third-order valence-electron chi connectivity index (χ3n) is 3.42. The number of allylic oxidation sites excluding steroid dienone is 2. The van der Waals surface area contributed by atoms with Gasteiger partial charge in [-0.1, -0.05) is 17.7 Å². The molecule has 0 saturated carbocycles. The Morgan fingerprint density at radius 1 is 1.47 bits per heavy atom. The molecule has 0 amide bonds. The van der Waals surface area contributed by atoms with Gasteiger partial charge in [-0.05, 0) is 32.0 Å². The largest absolute Gasteiger partial charge is 0.349 e. The highest BCUT2D eigenvalue weighted by Crippen LogP contribution is 2.30. The van der Waals surface area contributed by atoms with Crippen molar-refractivity contribution in [2.75, 3.05) is 26.7 Å². The van der Waals surface area contributed by atoms with E-state index in [0.29, 0.717) is 6.54 Å². The van der Waals surface area contributed by atoms with Crippen molar-refractivity contribution in [1.29, 1.82) is 0 Å². The topological polar surface area (TPSA) is 56.5 Å². The lowest BCUT2D eigenvalue weighted by molar-refractivity contribution is -0.218. The number of hydrogen-bond donors (Lipinski definition) is 2. The van der Waals surface area contributed by atoms with Crippen LogP contribution in [0.2, 0.25) is 0 Å². The Morgan fingerprint density at radius 3 is 2.88 bits per heavy atom. The van der Waals surface area contributed by atoms with Crippen LogP contribution in [0, 0.1) is 0 Å². The lowest BCUT2D eigenvalue weighted by Gasteiger charge is -2.37. The monoisotopic (exact) mass is 238 g/mol. The molecule has 4 nitrogen and oxygen atoms in total. The molecule has 1 aliphatic heterocycles. The summed E-state index contributed by atoms with van der Waals surface area (Å²) in [5, 5.41) is 3.33. The molecule has 1 heterocycles. The van der Waals surface area contributed by atoms with E-state index >= 15 is 0 Å². The van der Waals surface area contributed by atoms with Gasteiger partial charge >= 0.3 is 0 Å². The van der Waals surface area contributed by atoms with E-state index in [1.54, 1.807) is 7.11 Å². The molecule has 96 valence electrons. The second-order valence-electron chi connectivity index (χ2n) is 4.65. The summed E-state index contributed by atoms with van der Waals surface area (Å²) in [6.07, 6.45) is 9.12. The molecule has 0 spiro atoms. The summed E-state index contributed by atoms with van der Waals surface area (Å²) < 4.78 is 11.7. The molecule has 0 aromatic carbocycles. The quantitative estimate of drug-likeness (QED) is 0.716. The Labute approximate surface area is 103 Å². The van der Waals surface area contributed by atoms with Crippen molar-refractivity contribution in [3.8, 4) is 0 Å². The van der Waals surface area contributed by atoms with Gasteiger partial charge in [0.15, 0.2) is 5.79 Å². The molecule has 0 aromatic heterocycles. The van der Waals surface area contributed by atoms with Crippen LogP contribution in [-0.4, -0.2) is 38.6 Å². The van der Waals surface area contributed by atoms with Gasteiger partial charge in [0.05, 0.1) is 6.10 Å². The first-order valence-corrected chi connectivity index (χ1v) is 6.29. The van der Waals surface area contributed by atoms with E-state index in [0.717, 1.165) is 32.4 Å². The first kappa shape index (κ1) is 12.8. The van der Waals surface area contributed by atoms with Crippen LogP contribution in [0.25, 0.3) is 0 Å². The molecule has 1 atom stereocenters. The number of methoxy groups -OCH3 is 1. The number of hydrogen-bond acceptors (Lipinski definition) is 4. The van der Waals surface area contributed by atoms with Crippen molar-refractivity contribution in [2.45, 2.75) is 31.2 Å². The molecule has 0 bridgehead atoms. The summed E-state index contributed by atoms with van der Waals surface area (Å²) in [6.45, 7) is 2.60. The van der Waals surface area contributed by atoms with Gasteiger partial charge in [0.25, 0.3) is 0 Å². The van der Waals surface area contributed by atoms with Crippen molar-refractivity contribution < 1.29 is 9.47 Å². The number of piperidine rings is 1. The maximum absolute atomic E-state index is 6.16. The summed E-state index contributed by atoms with van der Waals surface area (Å²) >= 11 is 0. The van der Waals surface area contributed by atoms with Crippen LogP contribution in [-0.2, 0) is 9.47 Å². The van der Waals surface area contributed by atoms with Crippen LogP contribution < -0.4 is 11.1 Å². The first-order valence-electron chi connectivity index (χ1n) is 6.29. The Bertz CT molecular complexity index is 309. The summed E-state index contributed by atoms with van der Waals surface area (Å²) in [7, 11) is 1.70. The number of ether oxygens (including phenoxy) is 2. The van der Waals surface area contributed by atoms with Crippen LogP contribution in [0.4, 0.5) is 0 Å². The number of rotatable bonds is 4. The SMILES string of the molecule is COC1(OC2CCNCC2)C=CC=C(CN)C1. The Kier molecular flexibility index (Phi) is 4.34. The predicted octanol–water partition coefficient (Wildman–Crippen LogP) is 0.943. The van der Waals surface area contributed by atoms with Crippen molar-refractivity contribution in [3.63, 3.8) is 0 Å². The van der Waals surface area contributed by atoms with Gasteiger partial charge in [-0.2, -0.15) is 0 Å². The maximum Gasteiger partial charge on any atom is 0.191 e. The molecular weight excluding hydrogens is 216 g/mol. The van der Waals surface area contributed by atoms with Crippen molar-refractivity contribution in [2.24, 2.45) is 5.73 Å². The van der Waals surface area contributed by atoms with E-state index in [1.165, 1.54) is 5.57 Å². The molecule has 3 N–H and O–H groups in total. The third-order valence-corrected chi connectivity index (χ3v) is 3.42. The van der Waals surface area contributed by atoms with Gasteiger partial charge in [0.2, 0.25) is 0 Å². The van der Waals surface area contributed by atoms with Crippen molar-refractivity contribution in [3.05, 3.63) is 23.8 Å². The maximum atomic E-state index is 6.16. The zero-order valence-electron chi connectivity index (χ0n) is 10.4. The van der Waals surface area contributed by atoms with Crippen molar-refractivity contribution >= 4 is 0 Å². The van der Waals surface area contributed by atoms with Crippen LogP contribution in [0.1, 0.15) is 19.3 Å². The van der Waals surface area contributed by atoms with E-state index in [4.69, 9.17) is 15.2 Å². The molecule has 1 saturated heterocycles. The fourth-order valence-electron chi connectivity index (χ4n) is 2.37. The molecule has 0 radical (unpaired) electrons. The average Bonchev–Trinajstić information content (AvgIpc) is 2.40. The minimum absolute atomic E-state index is 0.276. The molecule has 2 rings (SSSR count). The van der Waals surface area contributed by atoms with Crippen molar-refractivity contribution in [1.82, 2.24) is 5.32 Å². The molecule has 1 aliphatic carbocycles. The van der Waals surface area contributed by atoms with Gasteiger partial charge in [0, 0.05) is 20.1 Å². The van der Waals surface area contributed by atoms with E-state index < -0.39 is 5.79 Å². The standard InChI is InChI=1S/C13H22N2O2/c1-16-13(6-2-3-11(9-13)10-14)17-12-4-7-15-8-5-12/h2-3,6,12,15H,4-5,7-10,14H2,1H3. The normalized spacial score (nSPS) is 30.4. The molecule has 17 heavy (non-hydrogen) atoms. The van der Waals surface area contributed by atoms with E-state index in [2.05, 4.69) is 5.32 Å². The van der Waals surface area contributed by atoms with E-state index in [1.807, 2.05) is 18.2 Å². The zero-order valence-corrected chi connectivity index (χ0v) is 10.4. The fourth-order valence-corrected chi connectivity index (χ4v) is 2.37. The molecular formula is C13H22N2O2. The Hall–Kier alpha value is -0.680. The Balaban J connectivity index is 2.00. The number of nitrogens with one attached hydrogen (secondary N) is 1.